The summed E-state index contributed by atoms with van der Waals surface area (Å²) in [5, 5.41) is 3.22. The Balaban J connectivity index is 1.85. The second kappa shape index (κ2) is 8.17. The molecule has 2 aromatic heterocycles. The first-order valence-electron chi connectivity index (χ1n) is 9.47. The van der Waals surface area contributed by atoms with Crippen LogP contribution in [-0.4, -0.2) is 18.3 Å². The number of benzene rings is 2. The fraction of sp³-hybridized carbons (Fsp3) is 0.261. The van der Waals surface area contributed by atoms with Gasteiger partial charge in [0, 0.05) is 24.4 Å². The zero-order chi connectivity index (χ0) is 19.5. The predicted octanol–water partition coefficient (Wildman–Crippen LogP) is 5.97. The number of rotatable bonds is 6. The number of fused-ring (bicyclic) bond motifs is 1. The monoisotopic (exact) mass is 392 g/mol. The molecule has 0 radical (unpaired) electrons. The van der Waals surface area contributed by atoms with Gasteiger partial charge in [0.05, 0.1) is 18.0 Å². The van der Waals surface area contributed by atoms with E-state index < -0.39 is 0 Å². The molecular formula is C23H24N2O2S. The van der Waals surface area contributed by atoms with E-state index in [1.807, 2.05) is 24.3 Å². The van der Waals surface area contributed by atoms with Crippen LogP contribution in [0.1, 0.15) is 25.3 Å². The minimum absolute atomic E-state index is 0.419. The van der Waals surface area contributed by atoms with Crippen molar-refractivity contribution in [2.75, 3.05) is 13.7 Å². The summed E-state index contributed by atoms with van der Waals surface area (Å²) in [6, 6.07) is 18.5. The highest BCUT2D eigenvalue weighted by Gasteiger charge is 2.13. The van der Waals surface area contributed by atoms with E-state index in [-0.39, 0.29) is 0 Å². The molecule has 2 aromatic carbocycles. The summed E-state index contributed by atoms with van der Waals surface area (Å²) in [4.78, 5) is 5.94. The standard InChI is InChI=1S/C23H24N2O2S/c1-16(2)18-9-5-6-10-19(18)24-23-25(12-13-26-3)20(15-28-23)22-14-17-8-4-7-11-21(17)27-22/h4-11,14-16H,12-13H2,1-3H3. The average molecular weight is 393 g/mol. The van der Waals surface area contributed by atoms with Crippen molar-refractivity contribution < 1.29 is 9.15 Å². The molecular weight excluding hydrogens is 368 g/mol. The molecule has 0 saturated heterocycles. The van der Waals surface area contributed by atoms with E-state index in [1.54, 1.807) is 18.4 Å². The third-order valence-corrected chi connectivity index (χ3v) is 5.63. The average Bonchev–Trinajstić information content (AvgIpc) is 3.30. The van der Waals surface area contributed by atoms with Crippen LogP contribution in [0.3, 0.4) is 0 Å². The summed E-state index contributed by atoms with van der Waals surface area (Å²) in [6.07, 6.45) is 0. The Kier molecular flexibility index (Phi) is 5.46. The van der Waals surface area contributed by atoms with Gasteiger partial charge < -0.3 is 13.7 Å². The first kappa shape index (κ1) is 18.7. The summed E-state index contributed by atoms with van der Waals surface area (Å²) >= 11 is 1.63. The lowest BCUT2D eigenvalue weighted by Gasteiger charge is -2.09. The van der Waals surface area contributed by atoms with Gasteiger partial charge in [0.1, 0.15) is 5.58 Å². The number of thiazole rings is 1. The third kappa shape index (κ3) is 3.68. The zero-order valence-electron chi connectivity index (χ0n) is 16.4. The lowest BCUT2D eigenvalue weighted by molar-refractivity contribution is 0.187. The molecule has 0 bridgehead atoms. The van der Waals surface area contributed by atoms with Crippen molar-refractivity contribution in [2.24, 2.45) is 4.99 Å². The minimum atomic E-state index is 0.419. The van der Waals surface area contributed by atoms with Gasteiger partial charge in [-0.25, -0.2) is 4.99 Å². The van der Waals surface area contributed by atoms with Crippen molar-refractivity contribution >= 4 is 28.0 Å². The smallest absolute Gasteiger partial charge is 0.190 e. The fourth-order valence-corrected chi connectivity index (χ4v) is 4.23. The number of methoxy groups -OCH3 is 1. The van der Waals surface area contributed by atoms with E-state index in [0.717, 1.165) is 39.5 Å². The number of nitrogens with zero attached hydrogens (tertiary/aromatic N) is 2. The number of aromatic nitrogens is 1. The molecule has 2 heterocycles. The maximum atomic E-state index is 6.10. The Morgan fingerprint density at radius 2 is 1.89 bits per heavy atom. The Morgan fingerprint density at radius 3 is 2.68 bits per heavy atom. The van der Waals surface area contributed by atoms with Crippen LogP contribution in [0.5, 0.6) is 0 Å². The van der Waals surface area contributed by atoms with Crippen molar-refractivity contribution in [3.05, 3.63) is 70.3 Å². The van der Waals surface area contributed by atoms with E-state index in [4.69, 9.17) is 14.1 Å². The Labute approximate surface area is 168 Å². The molecule has 0 fully saturated rings. The van der Waals surface area contributed by atoms with Crippen LogP contribution in [0.4, 0.5) is 5.69 Å². The molecule has 0 aliphatic carbocycles. The maximum absolute atomic E-state index is 6.10. The molecule has 144 valence electrons. The lowest BCUT2D eigenvalue weighted by atomic mass is 10.0. The van der Waals surface area contributed by atoms with Crippen molar-refractivity contribution in [1.29, 1.82) is 0 Å². The molecule has 0 unspecified atom stereocenters. The highest BCUT2D eigenvalue weighted by atomic mass is 32.1. The van der Waals surface area contributed by atoms with E-state index >= 15 is 0 Å². The number of ether oxygens (including phenoxy) is 1. The fourth-order valence-electron chi connectivity index (χ4n) is 3.30. The molecule has 4 rings (SSSR count). The quantitative estimate of drug-likeness (QED) is 0.406. The second-order valence-corrected chi connectivity index (χ2v) is 7.86. The molecule has 28 heavy (non-hydrogen) atoms. The normalized spacial score (nSPS) is 12.4. The minimum Gasteiger partial charge on any atom is -0.454 e. The summed E-state index contributed by atoms with van der Waals surface area (Å²) in [6.45, 7) is 5.72. The largest absolute Gasteiger partial charge is 0.454 e. The van der Waals surface area contributed by atoms with Crippen LogP contribution in [0.2, 0.25) is 0 Å². The number of hydrogen-bond acceptors (Lipinski definition) is 4. The van der Waals surface area contributed by atoms with Gasteiger partial charge >= 0.3 is 0 Å². The number of hydrogen-bond donors (Lipinski definition) is 0. The predicted molar refractivity (Wildman–Crippen MR) is 115 cm³/mol. The van der Waals surface area contributed by atoms with Gasteiger partial charge in [0.25, 0.3) is 0 Å². The second-order valence-electron chi connectivity index (χ2n) is 7.02. The molecule has 0 amide bonds. The molecule has 0 spiro atoms. The summed E-state index contributed by atoms with van der Waals surface area (Å²) in [5.41, 5.74) is 4.19. The van der Waals surface area contributed by atoms with Gasteiger partial charge in [-0.1, -0.05) is 50.2 Å². The summed E-state index contributed by atoms with van der Waals surface area (Å²) in [7, 11) is 1.72. The van der Waals surface area contributed by atoms with Crippen LogP contribution in [-0.2, 0) is 11.3 Å². The molecule has 0 atom stereocenters. The highest BCUT2D eigenvalue weighted by Crippen LogP contribution is 2.29. The zero-order valence-corrected chi connectivity index (χ0v) is 17.2. The molecule has 0 N–H and O–H groups in total. The molecule has 0 saturated carbocycles. The van der Waals surface area contributed by atoms with E-state index in [9.17, 15) is 0 Å². The lowest BCUT2D eigenvalue weighted by Crippen LogP contribution is -2.18. The molecule has 0 aliphatic heterocycles. The topological polar surface area (TPSA) is 39.7 Å². The van der Waals surface area contributed by atoms with Gasteiger partial charge in [-0.15, -0.1) is 11.3 Å². The van der Waals surface area contributed by atoms with Gasteiger partial charge in [-0.3, -0.25) is 0 Å². The molecule has 0 aliphatic rings. The van der Waals surface area contributed by atoms with Crippen LogP contribution < -0.4 is 4.80 Å². The Morgan fingerprint density at radius 1 is 1.11 bits per heavy atom. The van der Waals surface area contributed by atoms with Crippen LogP contribution >= 0.6 is 11.3 Å². The number of para-hydroxylation sites is 2. The Bertz CT molecular complexity index is 1120. The third-order valence-electron chi connectivity index (χ3n) is 4.77. The summed E-state index contributed by atoms with van der Waals surface area (Å²) < 4.78 is 13.6. The van der Waals surface area contributed by atoms with Crippen LogP contribution in [0.25, 0.3) is 22.4 Å². The maximum Gasteiger partial charge on any atom is 0.190 e. The highest BCUT2D eigenvalue weighted by molar-refractivity contribution is 7.07. The van der Waals surface area contributed by atoms with Gasteiger partial charge in [0.15, 0.2) is 10.6 Å². The van der Waals surface area contributed by atoms with E-state index in [2.05, 4.69) is 54.1 Å². The van der Waals surface area contributed by atoms with Gasteiger partial charge in [-0.2, -0.15) is 0 Å². The summed E-state index contributed by atoms with van der Waals surface area (Å²) in [5.74, 6) is 1.27. The molecule has 5 heteroatoms. The van der Waals surface area contributed by atoms with Gasteiger partial charge in [0.2, 0.25) is 0 Å². The van der Waals surface area contributed by atoms with Crippen molar-refractivity contribution in [1.82, 2.24) is 4.57 Å². The van der Waals surface area contributed by atoms with Crippen molar-refractivity contribution in [2.45, 2.75) is 26.3 Å². The SMILES string of the molecule is COCCn1c(-c2cc3ccccc3o2)csc1=Nc1ccccc1C(C)C. The number of furan rings is 1. The van der Waals surface area contributed by atoms with E-state index in [0.29, 0.717) is 12.5 Å². The Hall–Kier alpha value is -2.63. The molecule has 4 aromatic rings. The van der Waals surface area contributed by atoms with Crippen LogP contribution in [0, 0.1) is 0 Å². The van der Waals surface area contributed by atoms with Crippen LogP contribution in [0.15, 0.2) is 69.4 Å². The first-order valence-corrected chi connectivity index (χ1v) is 10.3. The first-order chi connectivity index (χ1) is 13.7. The molecule has 4 nitrogen and oxygen atoms in total. The van der Waals surface area contributed by atoms with E-state index in [1.165, 1.54) is 5.56 Å². The van der Waals surface area contributed by atoms with Crippen molar-refractivity contribution in [3.8, 4) is 11.5 Å². The van der Waals surface area contributed by atoms with Gasteiger partial charge in [-0.05, 0) is 29.7 Å². The van der Waals surface area contributed by atoms with Crippen molar-refractivity contribution in [3.63, 3.8) is 0 Å².